The zero-order valence-electron chi connectivity index (χ0n) is 34.4. The van der Waals surface area contributed by atoms with Gasteiger partial charge in [-0.1, -0.05) is 213 Å². The van der Waals surface area contributed by atoms with E-state index in [0.717, 1.165) is 38.0 Å². The van der Waals surface area contributed by atoms with Gasteiger partial charge in [0.25, 0.3) is 0 Å². The van der Waals surface area contributed by atoms with Crippen LogP contribution in [0, 0.1) is 5.92 Å². The minimum atomic E-state index is -4.75. The van der Waals surface area contributed by atoms with Gasteiger partial charge in [0, 0.05) is 12.8 Å². The third-order valence-corrected chi connectivity index (χ3v) is 10.5. The molecule has 0 aliphatic rings. The van der Waals surface area contributed by atoms with Crippen LogP contribution in [0.25, 0.3) is 0 Å². The normalized spacial score (nSPS) is 12.4. The molecular weight excluding hydrogens is 675 g/mol. The van der Waals surface area contributed by atoms with Crippen molar-refractivity contribution in [1.82, 2.24) is 0 Å². The second kappa shape index (κ2) is 38.3. The van der Waals surface area contributed by atoms with Crippen LogP contribution in [0.15, 0.2) is 0 Å². The van der Waals surface area contributed by atoms with Crippen LogP contribution in [-0.2, 0) is 28.2 Å². The lowest BCUT2D eigenvalue weighted by atomic mass is 10.0. The van der Waals surface area contributed by atoms with Crippen molar-refractivity contribution >= 4 is 19.8 Å². The maximum atomic E-state index is 12.4. The van der Waals surface area contributed by atoms with E-state index in [4.69, 9.17) is 19.3 Å². The van der Waals surface area contributed by atoms with Crippen LogP contribution in [0.1, 0.15) is 239 Å². The van der Waals surface area contributed by atoms with Gasteiger partial charge in [-0.3, -0.25) is 14.1 Å². The molecule has 9 heteroatoms. The summed E-state index contributed by atoms with van der Waals surface area (Å²) in [5, 5.41) is 0. The van der Waals surface area contributed by atoms with E-state index in [1.165, 1.54) is 167 Å². The molecular formula is C43H85O8P. The average Bonchev–Trinajstić information content (AvgIpc) is 3.10. The molecule has 0 aromatic rings. The van der Waals surface area contributed by atoms with Gasteiger partial charge in [0.15, 0.2) is 6.10 Å². The van der Waals surface area contributed by atoms with Crippen molar-refractivity contribution in [3.05, 3.63) is 0 Å². The van der Waals surface area contributed by atoms with Gasteiger partial charge in [-0.15, -0.1) is 0 Å². The molecule has 0 amide bonds. The standard InChI is InChI=1S/C43H85O8P/c1-4-5-6-7-8-9-10-11-12-15-19-22-25-28-31-34-37-43(45)51-41(39-50-52(46,47)48)38-49-42(44)36-33-30-27-24-21-18-16-13-14-17-20-23-26-29-32-35-40(2)3/h40-41H,4-39H2,1-3H3,(H2,46,47,48)/t41-/m1/s1. The maximum Gasteiger partial charge on any atom is 0.469 e. The highest BCUT2D eigenvalue weighted by Gasteiger charge is 2.23. The van der Waals surface area contributed by atoms with Crippen molar-refractivity contribution in [3.8, 4) is 0 Å². The molecule has 0 unspecified atom stereocenters. The van der Waals surface area contributed by atoms with Crippen molar-refractivity contribution < 1.29 is 37.9 Å². The summed E-state index contributed by atoms with van der Waals surface area (Å²) in [6.45, 7) is 6.07. The monoisotopic (exact) mass is 761 g/mol. The molecule has 52 heavy (non-hydrogen) atoms. The molecule has 0 aromatic heterocycles. The van der Waals surface area contributed by atoms with Crippen molar-refractivity contribution in [2.45, 2.75) is 245 Å². The molecule has 0 spiro atoms. The second-order valence-corrected chi connectivity index (χ2v) is 17.1. The van der Waals surface area contributed by atoms with Gasteiger partial charge >= 0.3 is 19.8 Å². The van der Waals surface area contributed by atoms with E-state index in [2.05, 4.69) is 25.3 Å². The van der Waals surface area contributed by atoms with Crippen LogP contribution in [0.2, 0.25) is 0 Å². The molecule has 8 nitrogen and oxygen atoms in total. The highest BCUT2D eigenvalue weighted by molar-refractivity contribution is 7.46. The van der Waals surface area contributed by atoms with E-state index >= 15 is 0 Å². The van der Waals surface area contributed by atoms with Gasteiger partial charge in [0.1, 0.15) is 6.61 Å². The lowest BCUT2D eigenvalue weighted by Crippen LogP contribution is -2.29. The van der Waals surface area contributed by atoms with Gasteiger partial charge in [-0.05, 0) is 18.8 Å². The molecule has 0 aliphatic carbocycles. The molecule has 0 aliphatic heterocycles. The number of hydrogen-bond acceptors (Lipinski definition) is 6. The van der Waals surface area contributed by atoms with E-state index < -0.39 is 32.5 Å². The lowest BCUT2D eigenvalue weighted by Gasteiger charge is -2.18. The number of hydrogen-bond donors (Lipinski definition) is 2. The summed E-state index contributed by atoms with van der Waals surface area (Å²) >= 11 is 0. The number of ether oxygens (including phenoxy) is 2. The largest absolute Gasteiger partial charge is 0.469 e. The average molecular weight is 761 g/mol. The number of unbranched alkanes of at least 4 members (excludes halogenated alkanes) is 29. The van der Waals surface area contributed by atoms with Crippen molar-refractivity contribution in [2.24, 2.45) is 5.92 Å². The van der Waals surface area contributed by atoms with Crippen LogP contribution in [0.3, 0.4) is 0 Å². The molecule has 0 saturated carbocycles. The van der Waals surface area contributed by atoms with Crippen LogP contribution >= 0.6 is 7.82 Å². The summed E-state index contributed by atoms with van der Waals surface area (Å²) in [6.07, 6.45) is 39.7. The summed E-state index contributed by atoms with van der Waals surface area (Å²) in [6, 6.07) is 0. The smallest absolute Gasteiger partial charge is 0.462 e. The first-order chi connectivity index (χ1) is 25.1. The number of carbonyl (C=O) groups is 2. The van der Waals surface area contributed by atoms with Crippen LogP contribution in [-0.4, -0.2) is 41.0 Å². The van der Waals surface area contributed by atoms with Gasteiger partial charge in [-0.2, -0.15) is 0 Å². The van der Waals surface area contributed by atoms with E-state index in [-0.39, 0.29) is 19.4 Å². The highest BCUT2D eigenvalue weighted by Crippen LogP contribution is 2.36. The Kier molecular flexibility index (Phi) is 37.6. The SMILES string of the molecule is CCCCCCCCCCCCCCCCCCC(=O)O[C@H](COC(=O)CCCCCCCCCCCCCCCCCC(C)C)COP(=O)(O)O. The van der Waals surface area contributed by atoms with Gasteiger partial charge < -0.3 is 19.3 Å². The Morgan fingerprint density at radius 2 is 0.808 bits per heavy atom. The Morgan fingerprint density at radius 1 is 0.481 bits per heavy atom. The van der Waals surface area contributed by atoms with Crippen molar-refractivity contribution in [1.29, 1.82) is 0 Å². The van der Waals surface area contributed by atoms with E-state index in [0.29, 0.717) is 6.42 Å². The number of esters is 2. The minimum absolute atomic E-state index is 0.220. The van der Waals surface area contributed by atoms with Gasteiger partial charge in [-0.25, -0.2) is 4.57 Å². The van der Waals surface area contributed by atoms with Crippen LogP contribution < -0.4 is 0 Å². The Balaban J connectivity index is 3.83. The number of phosphoric acid groups is 1. The maximum absolute atomic E-state index is 12.4. The van der Waals surface area contributed by atoms with Crippen LogP contribution in [0.5, 0.6) is 0 Å². The van der Waals surface area contributed by atoms with Crippen molar-refractivity contribution in [2.75, 3.05) is 13.2 Å². The van der Waals surface area contributed by atoms with Crippen LogP contribution in [0.4, 0.5) is 0 Å². The molecule has 0 saturated heterocycles. The molecule has 2 N–H and O–H groups in total. The molecule has 0 aromatic carbocycles. The summed E-state index contributed by atoms with van der Waals surface area (Å²) in [5.41, 5.74) is 0. The Labute approximate surface area is 321 Å². The molecule has 310 valence electrons. The first-order valence-corrected chi connectivity index (χ1v) is 23.7. The quantitative estimate of drug-likeness (QED) is 0.0359. The Bertz CT molecular complexity index is 830. The third kappa shape index (κ3) is 41.8. The highest BCUT2D eigenvalue weighted by atomic mass is 31.2. The summed E-state index contributed by atoms with van der Waals surface area (Å²) < 4.78 is 26.4. The Morgan fingerprint density at radius 3 is 1.15 bits per heavy atom. The molecule has 0 rings (SSSR count). The van der Waals surface area contributed by atoms with Crippen molar-refractivity contribution in [3.63, 3.8) is 0 Å². The summed E-state index contributed by atoms with van der Waals surface area (Å²) in [5.74, 6) is -0.0282. The topological polar surface area (TPSA) is 119 Å². The lowest BCUT2D eigenvalue weighted by molar-refractivity contribution is -0.161. The fourth-order valence-corrected chi connectivity index (χ4v) is 7.10. The second-order valence-electron chi connectivity index (χ2n) is 15.9. The zero-order valence-corrected chi connectivity index (χ0v) is 35.3. The molecule has 0 bridgehead atoms. The number of phosphoric ester groups is 1. The summed E-state index contributed by atoms with van der Waals surface area (Å²) in [7, 11) is -4.75. The molecule has 0 fully saturated rings. The third-order valence-electron chi connectivity index (χ3n) is 10.1. The van der Waals surface area contributed by atoms with Gasteiger partial charge in [0.05, 0.1) is 6.61 Å². The van der Waals surface area contributed by atoms with Gasteiger partial charge in [0.2, 0.25) is 0 Å². The summed E-state index contributed by atoms with van der Waals surface area (Å²) in [4.78, 5) is 42.9. The first-order valence-electron chi connectivity index (χ1n) is 22.2. The predicted molar refractivity (Wildman–Crippen MR) is 216 cm³/mol. The Hall–Kier alpha value is -0.950. The van der Waals surface area contributed by atoms with E-state index in [1.54, 1.807) is 0 Å². The fourth-order valence-electron chi connectivity index (χ4n) is 6.74. The zero-order chi connectivity index (χ0) is 38.4. The number of carbonyl (C=O) groups excluding carboxylic acids is 2. The molecule has 0 heterocycles. The first kappa shape index (κ1) is 51.0. The minimum Gasteiger partial charge on any atom is -0.462 e. The molecule has 1 atom stereocenters. The molecule has 0 radical (unpaired) electrons. The number of rotatable bonds is 41. The van der Waals surface area contributed by atoms with E-state index in [9.17, 15) is 14.2 Å². The fraction of sp³-hybridized carbons (Fsp3) is 0.953. The van der Waals surface area contributed by atoms with E-state index in [1.807, 2.05) is 0 Å². The predicted octanol–water partition coefficient (Wildman–Crippen LogP) is 13.5.